The lowest BCUT2D eigenvalue weighted by atomic mass is 9.89. The van der Waals surface area contributed by atoms with E-state index < -0.39 is 6.04 Å². The van der Waals surface area contributed by atoms with E-state index in [0.717, 1.165) is 12.8 Å². The molecule has 0 radical (unpaired) electrons. The van der Waals surface area contributed by atoms with Gasteiger partial charge in [0.25, 0.3) is 11.8 Å². The van der Waals surface area contributed by atoms with Gasteiger partial charge in [0.15, 0.2) is 0 Å². The molecular weight excluding hydrogens is 328 g/mol. The summed E-state index contributed by atoms with van der Waals surface area (Å²) in [7, 11) is 0. The average molecular weight is 356 g/mol. The van der Waals surface area contributed by atoms with Crippen molar-refractivity contribution in [3.8, 4) is 0 Å². The third-order valence-corrected chi connectivity index (χ3v) is 5.42. The molecule has 1 aromatic rings. The molecule has 140 valence electrons. The second-order valence-electron chi connectivity index (χ2n) is 7.92. The maximum absolute atomic E-state index is 12.9. The largest absolute Gasteiger partial charge is 0.354 e. The van der Waals surface area contributed by atoms with Crippen LogP contribution >= 0.6 is 0 Å². The van der Waals surface area contributed by atoms with Crippen LogP contribution in [0.15, 0.2) is 24.3 Å². The van der Waals surface area contributed by atoms with Crippen molar-refractivity contribution >= 4 is 17.7 Å². The molecule has 0 spiro atoms. The molecule has 0 aromatic heterocycles. The van der Waals surface area contributed by atoms with Gasteiger partial charge < -0.3 is 5.32 Å². The molecule has 3 amide bonds. The monoisotopic (exact) mass is 356 g/mol. The van der Waals surface area contributed by atoms with Gasteiger partial charge in [-0.3, -0.25) is 19.3 Å². The smallest absolute Gasteiger partial charge is 0.262 e. The Morgan fingerprint density at radius 3 is 2.19 bits per heavy atom. The van der Waals surface area contributed by atoms with Crippen molar-refractivity contribution in [2.24, 2.45) is 11.8 Å². The van der Waals surface area contributed by atoms with Crippen molar-refractivity contribution in [1.29, 1.82) is 0 Å². The van der Waals surface area contributed by atoms with E-state index in [4.69, 9.17) is 0 Å². The molecule has 1 atom stereocenters. The molecule has 1 aliphatic carbocycles. The molecule has 1 N–H and O–H groups in total. The molecule has 3 rings (SSSR count). The molecule has 0 saturated heterocycles. The van der Waals surface area contributed by atoms with E-state index in [1.807, 2.05) is 13.8 Å². The van der Waals surface area contributed by atoms with Gasteiger partial charge in [-0.25, -0.2) is 0 Å². The van der Waals surface area contributed by atoms with Gasteiger partial charge in [0.1, 0.15) is 6.04 Å². The number of fused-ring (bicyclic) bond motifs is 1. The molecule has 1 saturated carbocycles. The van der Waals surface area contributed by atoms with Crippen molar-refractivity contribution in [3.05, 3.63) is 35.4 Å². The van der Waals surface area contributed by atoms with Crippen LogP contribution in [-0.4, -0.2) is 35.2 Å². The highest BCUT2D eigenvalue weighted by molar-refractivity contribution is 6.22. The van der Waals surface area contributed by atoms with E-state index in [1.54, 1.807) is 24.3 Å². The Labute approximate surface area is 155 Å². The van der Waals surface area contributed by atoms with Crippen LogP contribution in [0.3, 0.4) is 0 Å². The zero-order valence-corrected chi connectivity index (χ0v) is 15.7. The van der Waals surface area contributed by atoms with E-state index in [-0.39, 0.29) is 23.6 Å². The fourth-order valence-corrected chi connectivity index (χ4v) is 4.02. The number of nitrogens with one attached hydrogen (secondary N) is 1. The second kappa shape index (κ2) is 8.02. The van der Waals surface area contributed by atoms with Crippen LogP contribution in [0.1, 0.15) is 73.1 Å². The normalized spacial score (nSPS) is 19.0. The van der Waals surface area contributed by atoms with Crippen molar-refractivity contribution in [2.45, 2.75) is 58.4 Å². The minimum absolute atomic E-state index is 0.199. The number of imide groups is 1. The lowest BCUT2D eigenvalue weighted by Gasteiger charge is -2.28. The first kappa shape index (κ1) is 18.6. The zero-order valence-electron chi connectivity index (χ0n) is 15.7. The lowest BCUT2D eigenvalue weighted by Crippen LogP contribution is -2.51. The van der Waals surface area contributed by atoms with Crippen molar-refractivity contribution in [2.75, 3.05) is 6.54 Å². The number of rotatable bonds is 6. The van der Waals surface area contributed by atoms with Gasteiger partial charge in [-0.2, -0.15) is 0 Å². The minimum atomic E-state index is -0.744. The highest BCUT2D eigenvalue weighted by Gasteiger charge is 2.42. The van der Waals surface area contributed by atoms with E-state index in [2.05, 4.69) is 5.32 Å². The topological polar surface area (TPSA) is 66.5 Å². The number of hydrogen-bond acceptors (Lipinski definition) is 3. The van der Waals surface area contributed by atoms with Gasteiger partial charge in [0.2, 0.25) is 5.91 Å². The maximum Gasteiger partial charge on any atom is 0.262 e. The number of carbonyl (C=O) groups is 3. The summed E-state index contributed by atoms with van der Waals surface area (Å²) in [6, 6.07) is 6.05. The van der Waals surface area contributed by atoms with Gasteiger partial charge in [0.05, 0.1) is 11.1 Å². The number of amides is 3. The predicted molar refractivity (Wildman–Crippen MR) is 99.8 cm³/mol. The standard InChI is InChI=1S/C21H28N2O3/c1-14(2)12-18(19(24)22-13-15-8-4-3-5-9-15)23-20(25)16-10-6-7-11-17(16)21(23)26/h6-7,10-11,14-15,18H,3-5,8-9,12-13H2,1-2H3,(H,22,24). The summed E-state index contributed by atoms with van der Waals surface area (Å²) in [5.74, 6) is -0.216. The van der Waals surface area contributed by atoms with Crippen molar-refractivity contribution < 1.29 is 14.4 Å². The van der Waals surface area contributed by atoms with Crippen LogP contribution in [0.4, 0.5) is 0 Å². The first-order valence-corrected chi connectivity index (χ1v) is 9.73. The summed E-state index contributed by atoms with van der Waals surface area (Å²) in [6.45, 7) is 4.63. The van der Waals surface area contributed by atoms with Crippen LogP contribution in [0.25, 0.3) is 0 Å². The van der Waals surface area contributed by atoms with Crippen molar-refractivity contribution in [1.82, 2.24) is 10.2 Å². The van der Waals surface area contributed by atoms with E-state index in [9.17, 15) is 14.4 Å². The third-order valence-electron chi connectivity index (χ3n) is 5.42. The predicted octanol–water partition coefficient (Wildman–Crippen LogP) is 3.39. The van der Waals surface area contributed by atoms with Gasteiger partial charge in [-0.15, -0.1) is 0 Å². The average Bonchev–Trinajstić information content (AvgIpc) is 2.90. The summed E-state index contributed by atoms with van der Waals surface area (Å²) in [6.07, 6.45) is 6.46. The molecule has 0 bridgehead atoms. The minimum Gasteiger partial charge on any atom is -0.354 e. The summed E-state index contributed by atoms with van der Waals surface area (Å²) in [5, 5.41) is 3.02. The maximum atomic E-state index is 12.9. The van der Waals surface area contributed by atoms with E-state index in [1.165, 1.54) is 24.2 Å². The Kier molecular flexibility index (Phi) is 5.74. The van der Waals surface area contributed by atoms with E-state index >= 15 is 0 Å². The molecule has 5 nitrogen and oxygen atoms in total. The number of hydrogen-bond donors (Lipinski definition) is 1. The fraction of sp³-hybridized carbons (Fsp3) is 0.571. The summed E-state index contributed by atoms with van der Waals surface area (Å²) >= 11 is 0. The number of carbonyl (C=O) groups excluding carboxylic acids is 3. The Morgan fingerprint density at radius 2 is 1.65 bits per heavy atom. The van der Waals surface area contributed by atoms with Crippen LogP contribution in [0.5, 0.6) is 0 Å². The van der Waals surface area contributed by atoms with Gasteiger partial charge >= 0.3 is 0 Å². The SMILES string of the molecule is CC(C)CC(C(=O)NCC1CCCCC1)N1C(=O)c2ccccc2C1=O. The third kappa shape index (κ3) is 3.81. The molecule has 1 aromatic carbocycles. The van der Waals surface area contributed by atoms with Crippen LogP contribution < -0.4 is 5.32 Å². The molecular formula is C21H28N2O3. The Balaban J connectivity index is 1.74. The Morgan fingerprint density at radius 1 is 1.08 bits per heavy atom. The quantitative estimate of drug-likeness (QED) is 0.795. The molecule has 1 unspecified atom stereocenters. The molecule has 5 heteroatoms. The number of nitrogens with zero attached hydrogens (tertiary/aromatic N) is 1. The van der Waals surface area contributed by atoms with E-state index in [0.29, 0.717) is 30.0 Å². The van der Waals surface area contributed by atoms with Gasteiger partial charge in [-0.1, -0.05) is 45.2 Å². The summed E-state index contributed by atoms with van der Waals surface area (Å²) < 4.78 is 0. The molecule has 2 aliphatic rings. The van der Waals surface area contributed by atoms with Crippen LogP contribution in [0, 0.1) is 11.8 Å². The number of benzene rings is 1. The second-order valence-corrected chi connectivity index (χ2v) is 7.92. The highest BCUT2D eigenvalue weighted by Crippen LogP contribution is 2.27. The van der Waals surface area contributed by atoms with Gasteiger partial charge in [-0.05, 0) is 43.2 Å². The summed E-state index contributed by atoms with van der Waals surface area (Å²) in [5.41, 5.74) is 0.790. The highest BCUT2D eigenvalue weighted by atomic mass is 16.2. The van der Waals surface area contributed by atoms with Crippen molar-refractivity contribution in [3.63, 3.8) is 0 Å². The summed E-state index contributed by atoms with van der Waals surface area (Å²) in [4.78, 5) is 39.6. The Bertz CT molecular complexity index is 657. The molecule has 1 aliphatic heterocycles. The van der Waals surface area contributed by atoms with Gasteiger partial charge in [0, 0.05) is 6.54 Å². The first-order valence-electron chi connectivity index (χ1n) is 9.73. The zero-order chi connectivity index (χ0) is 18.7. The van der Waals surface area contributed by atoms with Crippen LogP contribution in [-0.2, 0) is 4.79 Å². The Hall–Kier alpha value is -2.17. The lowest BCUT2D eigenvalue weighted by molar-refractivity contribution is -0.125. The molecule has 1 heterocycles. The molecule has 1 fully saturated rings. The first-order chi connectivity index (χ1) is 12.5. The molecule has 26 heavy (non-hydrogen) atoms. The fourth-order valence-electron chi connectivity index (χ4n) is 4.02. The van der Waals surface area contributed by atoms with Crippen LogP contribution in [0.2, 0.25) is 0 Å².